The van der Waals surface area contributed by atoms with Gasteiger partial charge in [0.05, 0.1) is 18.6 Å². The molecule has 0 aliphatic carbocycles. The minimum Gasteiger partial charge on any atom is -0.389 e. The summed E-state index contributed by atoms with van der Waals surface area (Å²) in [5, 5.41) is 27.5. The first kappa shape index (κ1) is 13.3. The first-order valence-corrected chi connectivity index (χ1v) is 5.16. The Bertz CT molecular complexity index is 440. The first-order valence-electron chi connectivity index (χ1n) is 5.16. The number of nitriles is 1. The number of nitrogens with two attached hydrogens (primary N) is 1. The van der Waals surface area contributed by atoms with E-state index in [9.17, 15) is 15.0 Å². The van der Waals surface area contributed by atoms with Gasteiger partial charge in [-0.3, -0.25) is 4.79 Å². The predicted octanol–water partition coefficient (Wildman–Crippen LogP) is 0.136. The van der Waals surface area contributed by atoms with Crippen molar-refractivity contribution in [2.45, 2.75) is 18.6 Å². The van der Waals surface area contributed by atoms with E-state index < -0.39 is 12.2 Å². The van der Waals surface area contributed by atoms with Gasteiger partial charge >= 0.3 is 0 Å². The highest BCUT2D eigenvalue weighted by molar-refractivity contribution is 5.97. The molecule has 17 heavy (non-hydrogen) atoms. The van der Waals surface area contributed by atoms with Crippen molar-refractivity contribution in [3.63, 3.8) is 0 Å². The van der Waals surface area contributed by atoms with Gasteiger partial charge in [0.2, 0.25) is 0 Å². The van der Waals surface area contributed by atoms with Crippen LogP contribution in [0.5, 0.6) is 0 Å². The molecule has 0 amide bonds. The van der Waals surface area contributed by atoms with E-state index >= 15 is 0 Å². The quantitative estimate of drug-likeness (QED) is 0.628. The topological polar surface area (TPSA) is 107 Å². The number of nitrogens with zero attached hydrogens (tertiary/aromatic N) is 1. The number of carbonyl (C=O) groups is 1. The summed E-state index contributed by atoms with van der Waals surface area (Å²) in [5.41, 5.74) is 5.98. The molecular weight excluding hydrogens is 220 g/mol. The number of carbonyl (C=O) groups excluding carboxylic acids is 1. The minimum atomic E-state index is -1.13. The Morgan fingerprint density at radius 2 is 2.18 bits per heavy atom. The molecule has 0 aromatic heterocycles. The second-order valence-electron chi connectivity index (χ2n) is 3.63. The van der Waals surface area contributed by atoms with Crippen LogP contribution in [0.25, 0.3) is 0 Å². The van der Waals surface area contributed by atoms with E-state index in [1.807, 2.05) is 0 Å². The smallest absolute Gasteiger partial charge is 0.176 e. The van der Waals surface area contributed by atoms with Crippen molar-refractivity contribution in [1.82, 2.24) is 0 Å². The lowest BCUT2D eigenvalue weighted by Gasteiger charge is -2.16. The van der Waals surface area contributed by atoms with Crippen LogP contribution in [-0.4, -0.2) is 28.6 Å². The van der Waals surface area contributed by atoms with Crippen LogP contribution in [0.2, 0.25) is 0 Å². The molecule has 4 N–H and O–H groups in total. The number of aliphatic hydroxyl groups excluding tert-OH is 2. The number of benzene rings is 1. The zero-order valence-electron chi connectivity index (χ0n) is 9.21. The van der Waals surface area contributed by atoms with Crippen molar-refractivity contribution in [1.29, 1.82) is 5.26 Å². The maximum Gasteiger partial charge on any atom is 0.176 e. The van der Waals surface area contributed by atoms with Crippen molar-refractivity contribution in [2.75, 3.05) is 6.54 Å². The van der Waals surface area contributed by atoms with E-state index in [4.69, 9.17) is 11.0 Å². The SMILES string of the molecule is N#CCC(=O)c1cccc(C(O)C(O)CN)c1. The number of rotatable bonds is 5. The highest BCUT2D eigenvalue weighted by Crippen LogP contribution is 2.18. The number of hydrogen-bond donors (Lipinski definition) is 3. The Kier molecular flexibility index (Phi) is 4.79. The molecule has 1 aromatic rings. The van der Waals surface area contributed by atoms with Gasteiger partial charge in [-0.2, -0.15) is 5.26 Å². The van der Waals surface area contributed by atoms with Gasteiger partial charge in [0.1, 0.15) is 6.10 Å². The molecule has 0 fully saturated rings. The van der Waals surface area contributed by atoms with E-state index in [1.165, 1.54) is 6.07 Å². The fourth-order valence-corrected chi connectivity index (χ4v) is 1.42. The molecule has 2 atom stereocenters. The molecule has 1 aromatic carbocycles. The van der Waals surface area contributed by atoms with Crippen LogP contribution >= 0.6 is 0 Å². The first-order chi connectivity index (χ1) is 8.10. The van der Waals surface area contributed by atoms with Crippen molar-refractivity contribution in [3.8, 4) is 6.07 Å². The Hall–Kier alpha value is -1.74. The van der Waals surface area contributed by atoms with Crippen LogP contribution in [0.4, 0.5) is 0 Å². The van der Waals surface area contributed by atoms with Gasteiger partial charge in [0.25, 0.3) is 0 Å². The van der Waals surface area contributed by atoms with E-state index in [0.29, 0.717) is 11.1 Å². The molecule has 0 aliphatic heterocycles. The number of aliphatic hydroxyl groups is 2. The molecule has 0 saturated heterocycles. The predicted molar refractivity (Wildman–Crippen MR) is 61.0 cm³/mol. The summed E-state index contributed by atoms with van der Waals surface area (Å²) < 4.78 is 0. The Labute approximate surface area is 99.1 Å². The van der Waals surface area contributed by atoms with Gasteiger partial charge in [-0.25, -0.2) is 0 Å². The lowest BCUT2D eigenvalue weighted by atomic mass is 9.99. The summed E-state index contributed by atoms with van der Waals surface area (Å²) in [7, 11) is 0. The van der Waals surface area contributed by atoms with E-state index in [0.717, 1.165) is 0 Å². The molecule has 5 heteroatoms. The molecule has 0 spiro atoms. The largest absolute Gasteiger partial charge is 0.389 e. The van der Waals surface area contributed by atoms with Gasteiger partial charge in [-0.15, -0.1) is 0 Å². The van der Waals surface area contributed by atoms with Crippen molar-refractivity contribution >= 4 is 5.78 Å². The highest BCUT2D eigenvalue weighted by Gasteiger charge is 2.17. The Balaban J connectivity index is 2.93. The maximum atomic E-state index is 11.5. The highest BCUT2D eigenvalue weighted by atomic mass is 16.3. The zero-order valence-corrected chi connectivity index (χ0v) is 9.21. The van der Waals surface area contributed by atoms with Crippen molar-refractivity contribution < 1.29 is 15.0 Å². The third-order valence-corrected chi connectivity index (χ3v) is 2.40. The lowest BCUT2D eigenvalue weighted by molar-refractivity contribution is 0.0243. The molecule has 0 bridgehead atoms. The fraction of sp³-hybridized carbons (Fsp3) is 0.333. The molecule has 90 valence electrons. The fourth-order valence-electron chi connectivity index (χ4n) is 1.42. The van der Waals surface area contributed by atoms with E-state index in [1.54, 1.807) is 24.3 Å². The van der Waals surface area contributed by atoms with Gasteiger partial charge in [0, 0.05) is 12.1 Å². The molecule has 5 nitrogen and oxygen atoms in total. The van der Waals surface area contributed by atoms with Crippen LogP contribution in [-0.2, 0) is 0 Å². The normalized spacial score (nSPS) is 13.8. The summed E-state index contributed by atoms with van der Waals surface area (Å²) in [5.74, 6) is -0.316. The van der Waals surface area contributed by atoms with Crippen LogP contribution in [0.1, 0.15) is 28.4 Å². The van der Waals surface area contributed by atoms with Gasteiger partial charge in [-0.05, 0) is 11.6 Å². The van der Waals surface area contributed by atoms with Crippen LogP contribution in [0, 0.1) is 11.3 Å². The van der Waals surface area contributed by atoms with Crippen LogP contribution < -0.4 is 5.73 Å². The van der Waals surface area contributed by atoms with Crippen molar-refractivity contribution in [3.05, 3.63) is 35.4 Å². The summed E-state index contributed by atoms with van der Waals surface area (Å²) in [6.45, 7) is -0.0719. The number of ketones is 1. The molecule has 0 heterocycles. The molecule has 0 radical (unpaired) electrons. The zero-order chi connectivity index (χ0) is 12.8. The summed E-state index contributed by atoms with van der Waals surface area (Å²) in [6.07, 6.45) is -2.41. The third kappa shape index (κ3) is 3.36. The van der Waals surface area contributed by atoms with Gasteiger partial charge < -0.3 is 15.9 Å². The average Bonchev–Trinajstić information content (AvgIpc) is 2.37. The van der Waals surface area contributed by atoms with Gasteiger partial charge in [-0.1, -0.05) is 18.2 Å². The lowest BCUT2D eigenvalue weighted by Crippen LogP contribution is -2.27. The van der Waals surface area contributed by atoms with E-state index in [2.05, 4.69) is 0 Å². The number of Topliss-reactive ketones (excluding diaryl/α,β-unsaturated/α-hetero) is 1. The Morgan fingerprint density at radius 1 is 1.47 bits per heavy atom. The second kappa shape index (κ2) is 6.11. The second-order valence-corrected chi connectivity index (χ2v) is 3.63. The standard InChI is InChI=1S/C12H14N2O3/c13-5-4-10(15)8-2-1-3-9(6-8)12(17)11(16)7-14/h1-3,6,11-12,16-17H,4,7,14H2. The third-order valence-electron chi connectivity index (χ3n) is 2.40. The van der Waals surface area contributed by atoms with Crippen molar-refractivity contribution in [2.24, 2.45) is 5.73 Å². The van der Waals surface area contributed by atoms with Crippen LogP contribution in [0.15, 0.2) is 24.3 Å². The Morgan fingerprint density at radius 3 is 2.76 bits per heavy atom. The van der Waals surface area contributed by atoms with Gasteiger partial charge in [0.15, 0.2) is 5.78 Å². The van der Waals surface area contributed by atoms with Crippen LogP contribution in [0.3, 0.4) is 0 Å². The summed E-state index contributed by atoms with van der Waals surface area (Å²) in [4.78, 5) is 11.5. The monoisotopic (exact) mass is 234 g/mol. The molecule has 2 unspecified atom stereocenters. The summed E-state index contributed by atoms with van der Waals surface area (Å²) in [6, 6.07) is 7.97. The molecule has 0 saturated carbocycles. The maximum absolute atomic E-state index is 11.5. The minimum absolute atomic E-state index is 0.0719. The number of hydrogen-bond acceptors (Lipinski definition) is 5. The molecule has 0 aliphatic rings. The molecule has 1 rings (SSSR count). The van der Waals surface area contributed by atoms with E-state index in [-0.39, 0.29) is 18.7 Å². The summed E-state index contributed by atoms with van der Waals surface area (Å²) >= 11 is 0. The molecular formula is C12H14N2O3. The average molecular weight is 234 g/mol.